The molecule has 0 aliphatic carbocycles. The van der Waals surface area contributed by atoms with Gasteiger partial charge in [0.25, 0.3) is 0 Å². The van der Waals surface area contributed by atoms with Crippen LogP contribution >= 0.6 is 0 Å². The maximum Gasteiger partial charge on any atom is 0.231 e. The van der Waals surface area contributed by atoms with Crippen molar-refractivity contribution in [3.63, 3.8) is 0 Å². The molecule has 0 saturated carbocycles. The van der Waals surface area contributed by atoms with E-state index < -0.39 is 0 Å². The summed E-state index contributed by atoms with van der Waals surface area (Å²) in [6.45, 7) is 4.25. The first-order chi connectivity index (χ1) is 52.5. The number of anilines is 18. The molecule has 0 aliphatic heterocycles. The van der Waals surface area contributed by atoms with Gasteiger partial charge in [0.05, 0.1) is 37.6 Å². The van der Waals surface area contributed by atoms with Crippen LogP contribution in [0, 0.1) is 0 Å². The van der Waals surface area contributed by atoms with Crippen molar-refractivity contribution >= 4 is 107 Å². The molecule has 582 valence electrons. The zero-order valence-corrected chi connectivity index (χ0v) is 63.4. The largest absolute Gasteiger partial charge is 0.469 e. The highest BCUT2D eigenvalue weighted by Gasteiger charge is 2.15. The number of nitrogens with one attached hydrogen (secondary N) is 7. The van der Waals surface area contributed by atoms with E-state index in [2.05, 4.69) is 127 Å². The van der Waals surface area contributed by atoms with Gasteiger partial charge in [-0.2, -0.15) is 89.7 Å². The molecule has 0 bridgehead atoms. The molecule has 0 saturated heterocycles. The normalized spacial score (nSPS) is 10.3. The highest BCUT2D eigenvalue weighted by atomic mass is 16.3. The summed E-state index contributed by atoms with van der Waals surface area (Å²) >= 11 is 0. The van der Waals surface area contributed by atoms with Crippen molar-refractivity contribution < 1.29 is 26.5 Å². The van der Waals surface area contributed by atoms with Crippen LogP contribution in [0.15, 0.2) is 137 Å². The summed E-state index contributed by atoms with van der Waals surface area (Å²) in [5, 5.41) is 20.8. The van der Waals surface area contributed by atoms with Crippen LogP contribution in [0.1, 0.15) is 34.6 Å². The summed E-state index contributed by atoms with van der Waals surface area (Å²) in [5.74, 6) is 13.3. The quantitative estimate of drug-likeness (QED) is 0.0270. The zero-order chi connectivity index (χ0) is 78.5. The number of nitrogen functional groups attached to an aromatic ring is 5. The average molecular weight is 1500 g/mol. The molecule has 109 heavy (non-hydrogen) atoms. The van der Waals surface area contributed by atoms with Crippen LogP contribution in [0.2, 0.25) is 0 Å². The third-order valence-corrected chi connectivity index (χ3v) is 14.5. The Labute approximate surface area is 630 Å². The van der Waals surface area contributed by atoms with Crippen LogP contribution in [0.5, 0.6) is 0 Å². The Morgan fingerprint density at radius 2 is 0.477 bits per heavy atom. The van der Waals surface area contributed by atoms with Crippen LogP contribution in [-0.4, -0.2) is 221 Å². The summed E-state index contributed by atoms with van der Waals surface area (Å²) in [4.78, 5) is 85.3. The van der Waals surface area contributed by atoms with Crippen molar-refractivity contribution in [2.75, 3.05) is 226 Å². The third kappa shape index (κ3) is 29.3. The fraction of sp³-hybridized carbons (Fsp3) is 0.373. The fourth-order valence-corrected chi connectivity index (χ4v) is 8.82. The Bertz CT molecular complexity index is 4390. The van der Waals surface area contributed by atoms with E-state index in [9.17, 15) is 0 Å². The van der Waals surface area contributed by atoms with Crippen LogP contribution in [0.4, 0.5) is 107 Å². The van der Waals surface area contributed by atoms with Gasteiger partial charge in [-0.05, 0) is 72.8 Å². The van der Waals surface area contributed by atoms with Gasteiger partial charge in [-0.15, -0.1) is 0 Å². The van der Waals surface area contributed by atoms with Crippen LogP contribution in [0.3, 0.4) is 0 Å². The second-order valence-corrected chi connectivity index (χ2v) is 23.6. The molecule has 0 spiro atoms. The summed E-state index contributed by atoms with van der Waals surface area (Å²) < 4.78 is 31.5. The van der Waals surface area contributed by atoms with Gasteiger partial charge in [0, 0.05) is 169 Å². The molecule has 42 heteroatoms. The topological polar surface area (TPSA) is 545 Å². The van der Waals surface area contributed by atoms with Gasteiger partial charge in [0.15, 0.2) is 0 Å². The Hall–Kier alpha value is -13.9. The minimum atomic E-state index is 0.123. The number of aromatic nitrogens is 18. The maximum absolute atomic E-state index is 5.69. The second-order valence-electron chi connectivity index (χ2n) is 23.6. The molecule has 0 atom stereocenters. The van der Waals surface area contributed by atoms with Gasteiger partial charge in [0.2, 0.25) is 107 Å². The van der Waals surface area contributed by atoms with Crippen LogP contribution < -0.4 is 95.3 Å². The van der Waals surface area contributed by atoms with E-state index in [1.807, 2.05) is 161 Å². The molecule has 17 N–H and O–H groups in total. The molecule has 0 fully saturated rings. The first-order valence-corrected chi connectivity index (χ1v) is 34.1. The highest BCUT2D eigenvalue weighted by molar-refractivity contribution is 5.47. The van der Waals surface area contributed by atoms with Gasteiger partial charge < -0.3 is 122 Å². The van der Waals surface area contributed by atoms with Gasteiger partial charge in [0.1, 0.15) is 34.6 Å². The predicted molar refractivity (Wildman–Crippen MR) is 422 cm³/mol. The smallest absolute Gasteiger partial charge is 0.231 e. The number of hydrogen-bond donors (Lipinski definition) is 12. The lowest BCUT2D eigenvalue weighted by molar-refractivity contribution is 0.508. The van der Waals surface area contributed by atoms with Crippen molar-refractivity contribution in [1.82, 2.24) is 89.7 Å². The molecule has 42 nitrogen and oxygen atoms in total. The van der Waals surface area contributed by atoms with E-state index in [0.717, 1.165) is 86.2 Å². The monoisotopic (exact) mass is 1500 g/mol. The molecule has 12 heterocycles. The van der Waals surface area contributed by atoms with Gasteiger partial charge in [-0.25, -0.2) is 0 Å². The average Bonchev–Trinajstić information content (AvgIpc) is 1.64. The molecular formula is C67H98N36O6. The standard InChI is InChI=1S/C13H20N6O.C12H18N6O.2C11H16N6O.2C10H14N6O/c1-18(2)12-15-11(16-13(17-12)19(3)4)14-8-7-10-6-5-9-20-10;1-17(2)11-14-10(13)15-12(16-11)18(3)7-6-9-5-4-8-19-9;1-13-10-14-9(12)15-11(16-10)17(2)6-5-8-4-3-7-18-8;1-12-9-15-10(13-2)17-11(16-9)14-6-5-8-4-3-7-18-8;1-16(5-4-7-3-2-6-17-7)10-14-8(11)13-9(12)15-10;1-12-9-14-8(11)15-10(16-9)13-5-4-7-3-2-6-17-7/h5-6,9H,7-8H2,1-4H3,(H,14,15,16,17);4-5,8H,6-7H2,1-3H3,(H2,13,14,15,16);3-4,7H,5-6H2,1-2H3,(H3,12,13,14,15,16);3-4,7H,5-6H2,1-2H3,(H3,12,13,14,15,16,17);2-3,6H,4-5H2,1H3,(H4,11,12,13,14,15);2-3,6H,4-5H2,1H3,(H4,11,12,13,14,15,16). The molecule has 12 rings (SSSR count). The molecular weight excluding hydrogens is 1400 g/mol. The highest BCUT2D eigenvalue weighted by Crippen LogP contribution is 2.18. The fourth-order valence-electron chi connectivity index (χ4n) is 8.82. The summed E-state index contributed by atoms with van der Waals surface area (Å²) in [7, 11) is 24.0. The van der Waals surface area contributed by atoms with Crippen LogP contribution in [-0.2, 0) is 38.5 Å². The Balaban J connectivity index is 0.000000182. The molecule has 0 unspecified atom stereocenters. The maximum atomic E-state index is 5.69. The predicted octanol–water partition coefficient (Wildman–Crippen LogP) is 5.06. The SMILES string of the molecule is CN(C)c1nc(N)nc(N(C)CCc2ccco2)n1.CN(C)c1nc(NCCc2ccco2)nc(N(C)C)n1.CN(CCc1ccco1)c1nc(N)nc(N)n1.CNc1nc(N)nc(N(C)CCc2ccco2)n1.CNc1nc(N)nc(NCCc2ccco2)n1.CNc1nc(NC)nc(NCCc2ccco2)n1. The first-order valence-electron chi connectivity index (χ1n) is 34.1. The van der Waals surface area contributed by atoms with Crippen LogP contribution in [0.25, 0.3) is 0 Å². The molecule has 0 radical (unpaired) electrons. The van der Waals surface area contributed by atoms with E-state index in [4.69, 9.17) is 55.2 Å². The molecule has 0 aliphatic rings. The number of nitrogens with two attached hydrogens (primary N) is 5. The summed E-state index contributed by atoms with van der Waals surface area (Å²) in [6.07, 6.45) is 14.6. The van der Waals surface area contributed by atoms with Crippen molar-refractivity contribution in [1.29, 1.82) is 0 Å². The lowest BCUT2D eigenvalue weighted by Crippen LogP contribution is -2.25. The lowest BCUT2D eigenvalue weighted by Gasteiger charge is -2.18. The number of furan rings is 6. The van der Waals surface area contributed by atoms with Gasteiger partial charge in [-0.3, -0.25) is 0 Å². The van der Waals surface area contributed by atoms with Gasteiger partial charge >= 0.3 is 0 Å². The number of likely N-dealkylation sites (N-methyl/N-ethyl adjacent to an activating group) is 3. The molecule has 12 aromatic rings. The minimum absolute atomic E-state index is 0.123. The summed E-state index contributed by atoms with van der Waals surface area (Å²) in [5.41, 5.74) is 27.8. The number of nitrogens with zero attached hydrogens (tertiary/aromatic N) is 24. The number of hydrogen-bond acceptors (Lipinski definition) is 42. The van der Waals surface area contributed by atoms with E-state index in [-0.39, 0.29) is 29.7 Å². The second kappa shape index (κ2) is 43.4. The molecule has 0 aromatic carbocycles. The zero-order valence-electron chi connectivity index (χ0n) is 63.4. The van der Waals surface area contributed by atoms with Crippen molar-refractivity contribution in [3.8, 4) is 0 Å². The Morgan fingerprint density at radius 1 is 0.257 bits per heavy atom. The van der Waals surface area contributed by atoms with Crippen molar-refractivity contribution in [2.45, 2.75) is 38.5 Å². The Morgan fingerprint density at radius 3 is 0.807 bits per heavy atom. The van der Waals surface area contributed by atoms with E-state index in [0.29, 0.717) is 104 Å². The van der Waals surface area contributed by atoms with Crippen molar-refractivity contribution in [3.05, 3.63) is 145 Å². The molecule has 12 aromatic heterocycles. The van der Waals surface area contributed by atoms with E-state index in [1.54, 1.807) is 70.7 Å². The van der Waals surface area contributed by atoms with E-state index >= 15 is 0 Å². The third-order valence-electron chi connectivity index (χ3n) is 14.5. The lowest BCUT2D eigenvalue weighted by atomic mass is 10.3. The Kier molecular flexibility index (Phi) is 32.8. The minimum Gasteiger partial charge on any atom is -0.469 e. The first kappa shape index (κ1) is 82.4. The number of rotatable bonds is 31. The summed E-state index contributed by atoms with van der Waals surface area (Å²) in [6, 6.07) is 22.8. The van der Waals surface area contributed by atoms with Gasteiger partial charge in [-0.1, -0.05) is 0 Å². The molecule has 0 amide bonds. The van der Waals surface area contributed by atoms with E-state index in [1.165, 1.54) is 0 Å². The van der Waals surface area contributed by atoms with Crippen molar-refractivity contribution in [2.24, 2.45) is 0 Å².